The highest BCUT2D eigenvalue weighted by Gasteiger charge is 2.00. The van der Waals surface area contributed by atoms with Crippen LogP contribution in [-0.4, -0.2) is 12.5 Å². The quantitative estimate of drug-likeness (QED) is 0.342. The van der Waals surface area contributed by atoms with Crippen molar-refractivity contribution in [2.75, 3.05) is 11.9 Å². The monoisotopic (exact) mass is 256 g/mol. The van der Waals surface area contributed by atoms with Gasteiger partial charge in [0.25, 0.3) is 0 Å². The van der Waals surface area contributed by atoms with Crippen LogP contribution in [0.15, 0.2) is 47.5 Å². The number of benzene rings is 2. The summed E-state index contributed by atoms with van der Waals surface area (Å²) in [5, 5.41) is 5.59. The summed E-state index contributed by atoms with van der Waals surface area (Å²) in [5.41, 5.74) is 3.56. The maximum Gasteiger partial charge on any atom is 0.210 e. The lowest BCUT2D eigenvalue weighted by molar-refractivity contribution is 0.663. The van der Waals surface area contributed by atoms with Crippen LogP contribution in [0, 0.1) is 5.92 Å². The molecule has 0 amide bonds. The van der Waals surface area contributed by atoms with Gasteiger partial charge in [0.05, 0.1) is 0 Å². The van der Waals surface area contributed by atoms with E-state index in [-0.39, 0.29) is 0 Å². The average Bonchev–Trinajstić information content (AvgIpc) is 2.43. The lowest BCUT2D eigenvalue weighted by Gasteiger charge is -2.10. The lowest BCUT2D eigenvalue weighted by atomic mass is 10.1. The number of rotatable bonds is 3. The molecule has 2 aromatic carbocycles. The van der Waals surface area contributed by atoms with E-state index in [0.717, 1.165) is 12.2 Å². The van der Waals surface area contributed by atoms with Crippen LogP contribution in [0.2, 0.25) is 0 Å². The topological polar surface area (TPSA) is 62.4 Å². The van der Waals surface area contributed by atoms with Gasteiger partial charge >= 0.3 is 0 Å². The molecule has 0 aliphatic heterocycles. The van der Waals surface area contributed by atoms with Crippen LogP contribution >= 0.6 is 0 Å². The van der Waals surface area contributed by atoms with E-state index >= 15 is 0 Å². The first-order valence-electron chi connectivity index (χ1n) is 6.46. The Hall–Kier alpha value is -2.07. The Balaban J connectivity index is 2.17. The summed E-state index contributed by atoms with van der Waals surface area (Å²) in [5.74, 6) is 6.56. The molecule has 0 heterocycles. The zero-order valence-corrected chi connectivity index (χ0v) is 11.4. The van der Waals surface area contributed by atoms with Crippen LogP contribution in [0.5, 0.6) is 0 Å². The molecule has 0 atom stereocenters. The first-order valence-corrected chi connectivity index (χ1v) is 6.46. The maximum absolute atomic E-state index is 5.48. The van der Waals surface area contributed by atoms with Gasteiger partial charge in [-0.05, 0) is 28.8 Å². The maximum atomic E-state index is 5.48. The first kappa shape index (κ1) is 13.4. The first-order chi connectivity index (χ1) is 9.19. The summed E-state index contributed by atoms with van der Waals surface area (Å²) in [6, 6.07) is 14.4. The molecule has 4 heteroatoms. The van der Waals surface area contributed by atoms with Crippen LogP contribution in [-0.2, 0) is 0 Å². The number of fused-ring (bicyclic) bond motifs is 1. The van der Waals surface area contributed by atoms with Gasteiger partial charge in [0.15, 0.2) is 0 Å². The second kappa shape index (κ2) is 6.20. The molecule has 2 rings (SSSR count). The number of guanidine groups is 1. The highest BCUT2D eigenvalue weighted by molar-refractivity contribution is 5.96. The molecule has 0 aliphatic carbocycles. The second-order valence-corrected chi connectivity index (χ2v) is 4.91. The zero-order chi connectivity index (χ0) is 13.7. The minimum absolute atomic E-state index is 0.502. The highest BCUT2D eigenvalue weighted by Crippen LogP contribution is 2.18. The molecule has 0 aliphatic rings. The Bertz CT molecular complexity index is 575. The van der Waals surface area contributed by atoms with Crippen LogP contribution in [0.4, 0.5) is 5.69 Å². The van der Waals surface area contributed by atoms with E-state index < -0.39 is 0 Å². The number of hydrazine groups is 1. The van der Waals surface area contributed by atoms with Gasteiger partial charge in [-0.3, -0.25) is 10.4 Å². The Morgan fingerprint density at radius 3 is 2.58 bits per heavy atom. The van der Waals surface area contributed by atoms with Gasteiger partial charge in [-0.15, -0.1) is 0 Å². The van der Waals surface area contributed by atoms with Gasteiger partial charge in [0, 0.05) is 12.2 Å². The predicted octanol–water partition coefficient (Wildman–Crippen LogP) is 2.73. The average molecular weight is 256 g/mol. The molecule has 0 spiro atoms. The van der Waals surface area contributed by atoms with Crippen molar-refractivity contribution < 1.29 is 0 Å². The molecule has 0 radical (unpaired) electrons. The van der Waals surface area contributed by atoms with Crippen molar-refractivity contribution in [2.45, 2.75) is 13.8 Å². The number of aliphatic imine (C=N–C) groups is 1. The Morgan fingerprint density at radius 2 is 1.89 bits per heavy atom. The Kier molecular flexibility index (Phi) is 4.36. The summed E-state index contributed by atoms with van der Waals surface area (Å²) in [6.07, 6.45) is 0. The van der Waals surface area contributed by atoms with E-state index in [1.54, 1.807) is 0 Å². The molecule has 0 fully saturated rings. The second-order valence-electron chi connectivity index (χ2n) is 4.91. The van der Waals surface area contributed by atoms with Crippen molar-refractivity contribution in [3.63, 3.8) is 0 Å². The Morgan fingerprint density at radius 1 is 1.16 bits per heavy atom. The minimum Gasteiger partial charge on any atom is -0.325 e. The van der Waals surface area contributed by atoms with E-state index in [4.69, 9.17) is 5.84 Å². The summed E-state index contributed by atoms with van der Waals surface area (Å²) < 4.78 is 0. The predicted molar refractivity (Wildman–Crippen MR) is 82.0 cm³/mol. The van der Waals surface area contributed by atoms with Crippen LogP contribution in [0.1, 0.15) is 13.8 Å². The van der Waals surface area contributed by atoms with Crippen molar-refractivity contribution in [1.82, 2.24) is 5.43 Å². The molecule has 0 unspecified atom stereocenters. The molecule has 4 N–H and O–H groups in total. The Labute approximate surface area is 113 Å². The molecular formula is C15H20N4. The third-order valence-electron chi connectivity index (χ3n) is 2.76. The molecule has 100 valence electrons. The molecular weight excluding hydrogens is 236 g/mol. The molecule has 0 saturated heterocycles. The van der Waals surface area contributed by atoms with Crippen LogP contribution < -0.4 is 16.6 Å². The van der Waals surface area contributed by atoms with Gasteiger partial charge in [-0.1, -0.05) is 44.2 Å². The van der Waals surface area contributed by atoms with E-state index in [0.29, 0.717) is 11.9 Å². The van der Waals surface area contributed by atoms with Gasteiger partial charge in [0.1, 0.15) is 0 Å². The normalized spacial score (nSPS) is 11.9. The van der Waals surface area contributed by atoms with Gasteiger partial charge < -0.3 is 5.32 Å². The summed E-state index contributed by atoms with van der Waals surface area (Å²) in [7, 11) is 0. The molecule has 0 aromatic heterocycles. The van der Waals surface area contributed by atoms with Crippen LogP contribution in [0.25, 0.3) is 10.8 Å². The number of anilines is 1. The SMILES string of the molecule is CC(C)CN=C(NN)Nc1ccc2ccccc2c1. The van der Waals surface area contributed by atoms with E-state index in [9.17, 15) is 0 Å². The van der Waals surface area contributed by atoms with Gasteiger partial charge in [-0.25, -0.2) is 5.84 Å². The number of nitrogens with two attached hydrogens (primary N) is 1. The van der Waals surface area contributed by atoms with Crippen molar-refractivity contribution >= 4 is 22.4 Å². The number of nitrogens with one attached hydrogen (secondary N) is 2. The fourth-order valence-corrected chi connectivity index (χ4v) is 1.80. The van der Waals surface area contributed by atoms with E-state index in [1.165, 1.54) is 10.8 Å². The molecule has 2 aromatic rings. The van der Waals surface area contributed by atoms with E-state index in [2.05, 4.69) is 53.8 Å². The van der Waals surface area contributed by atoms with Crippen LogP contribution in [0.3, 0.4) is 0 Å². The standard InChI is InChI=1S/C15H20N4/c1-11(2)10-17-15(19-16)18-14-8-7-12-5-3-4-6-13(12)9-14/h3-9,11H,10,16H2,1-2H3,(H2,17,18,19). The zero-order valence-electron chi connectivity index (χ0n) is 11.4. The number of hydrogen-bond acceptors (Lipinski definition) is 2. The van der Waals surface area contributed by atoms with Crippen molar-refractivity contribution in [1.29, 1.82) is 0 Å². The number of nitrogens with zero attached hydrogens (tertiary/aromatic N) is 1. The third-order valence-corrected chi connectivity index (χ3v) is 2.76. The smallest absolute Gasteiger partial charge is 0.210 e. The third kappa shape index (κ3) is 3.69. The fourth-order valence-electron chi connectivity index (χ4n) is 1.80. The van der Waals surface area contributed by atoms with Crippen molar-refractivity contribution in [2.24, 2.45) is 16.8 Å². The van der Waals surface area contributed by atoms with Gasteiger partial charge in [-0.2, -0.15) is 0 Å². The minimum atomic E-state index is 0.502. The highest BCUT2D eigenvalue weighted by atomic mass is 15.3. The van der Waals surface area contributed by atoms with Crippen molar-refractivity contribution in [3.05, 3.63) is 42.5 Å². The lowest BCUT2D eigenvalue weighted by Crippen LogP contribution is -2.36. The van der Waals surface area contributed by atoms with E-state index in [1.807, 2.05) is 18.2 Å². The fraction of sp³-hybridized carbons (Fsp3) is 0.267. The summed E-state index contributed by atoms with van der Waals surface area (Å²) >= 11 is 0. The van der Waals surface area contributed by atoms with Crippen molar-refractivity contribution in [3.8, 4) is 0 Å². The largest absolute Gasteiger partial charge is 0.325 e. The number of hydrogen-bond donors (Lipinski definition) is 3. The molecule has 0 bridgehead atoms. The molecule has 4 nitrogen and oxygen atoms in total. The van der Waals surface area contributed by atoms with Gasteiger partial charge in [0.2, 0.25) is 5.96 Å². The summed E-state index contributed by atoms with van der Waals surface area (Å²) in [6.45, 7) is 4.97. The summed E-state index contributed by atoms with van der Waals surface area (Å²) in [4.78, 5) is 4.39. The molecule has 0 saturated carbocycles. The molecule has 19 heavy (non-hydrogen) atoms.